The Labute approximate surface area is 116 Å². The fourth-order valence-corrected chi connectivity index (χ4v) is 2.31. The second-order valence-electron chi connectivity index (χ2n) is 4.28. The van der Waals surface area contributed by atoms with Gasteiger partial charge in [-0.2, -0.15) is 0 Å². The number of anilines is 1. The van der Waals surface area contributed by atoms with Crippen LogP contribution in [0.15, 0.2) is 6.20 Å². The van der Waals surface area contributed by atoms with Crippen molar-refractivity contribution in [3.05, 3.63) is 11.1 Å². The van der Waals surface area contributed by atoms with Gasteiger partial charge in [0.1, 0.15) is 0 Å². The Bertz CT molecular complexity index is 445. The van der Waals surface area contributed by atoms with E-state index in [-0.39, 0.29) is 30.0 Å². The van der Waals surface area contributed by atoms with E-state index in [2.05, 4.69) is 15.6 Å². The van der Waals surface area contributed by atoms with Crippen LogP contribution in [0.25, 0.3) is 0 Å². The molecule has 2 N–H and O–H groups in total. The van der Waals surface area contributed by atoms with Crippen LogP contribution in [0, 0.1) is 11.8 Å². The van der Waals surface area contributed by atoms with Crippen molar-refractivity contribution in [1.29, 1.82) is 0 Å². The maximum absolute atomic E-state index is 11.9. The Kier molecular flexibility index (Phi) is 5.25. The van der Waals surface area contributed by atoms with Crippen molar-refractivity contribution in [1.82, 2.24) is 10.3 Å². The average molecular weight is 290 g/mol. The zero-order valence-corrected chi connectivity index (χ0v) is 11.9. The van der Waals surface area contributed by atoms with Crippen molar-refractivity contribution < 1.29 is 9.59 Å². The molecule has 0 bridgehead atoms. The first-order valence-electron chi connectivity index (χ1n) is 5.56. The molecule has 1 atom stereocenters. The van der Waals surface area contributed by atoms with Gasteiger partial charge in [-0.3, -0.25) is 9.59 Å². The van der Waals surface area contributed by atoms with Crippen molar-refractivity contribution in [2.75, 3.05) is 18.4 Å². The number of hydrogen-bond acceptors (Lipinski definition) is 5. The molecule has 1 saturated heterocycles. The van der Waals surface area contributed by atoms with Gasteiger partial charge in [0.2, 0.25) is 5.91 Å². The minimum Gasteiger partial charge on any atom is -0.316 e. The Hall–Kier alpha value is -0.980. The second kappa shape index (κ2) is 6.26. The number of hydrogen-bond donors (Lipinski definition) is 2. The highest BCUT2D eigenvalue weighted by Crippen LogP contribution is 2.21. The van der Waals surface area contributed by atoms with Crippen LogP contribution < -0.4 is 10.6 Å². The smallest absolute Gasteiger partial charge is 0.229 e. The van der Waals surface area contributed by atoms with Gasteiger partial charge < -0.3 is 10.6 Å². The van der Waals surface area contributed by atoms with E-state index in [0.717, 1.165) is 13.1 Å². The molecule has 1 unspecified atom stereocenters. The maximum Gasteiger partial charge on any atom is 0.229 e. The molecule has 2 rings (SSSR count). The number of aromatic nitrogens is 1. The molecule has 1 aromatic rings. The molecule has 0 spiro atoms. The van der Waals surface area contributed by atoms with E-state index in [1.807, 2.05) is 6.92 Å². The summed E-state index contributed by atoms with van der Waals surface area (Å²) in [5.41, 5.74) is 0. The minimum atomic E-state index is -0.0285. The topological polar surface area (TPSA) is 71.1 Å². The van der Waals surface area contributed by atoms with Gasteiger partial charge in [0.05, 0.1) is 11.1 Å². The standard InChI is InChI=1S/C11H15N3O2S.ClH/c1-6(8-3-12-4-8)10(16)14-11-13-5-9(17-11)7(2)15;/h5-6,8,12H,3-4H2,1-2H3,(H,13,14,16);1H. The molecule has 18 heavy (non-hydrogen) atoms. The molecular formula is C11H16ClN3O2S. The van der Waals surface area contributed by atoms with E-state index in [1.54, 1.807) is 0 Å². The first-order valence-corrected chi connectivity index (χ1v) is 6.38. The fraction of sp³-hybridized carbons (Fsp3) is 0.545. The summed E-state index contributed by atoms with van der Waals surface area (Å²) >= 11 is 1.22. The monoisotopic (exact) mass is 289 g/mol. The van der Waals surface area contributed by atoms with Gasteiger partial charge in [-0.05, 0) is 19.0 Å². The number of amides is 1. The van der Waals surface area contributed by atoms with Gasteiger partial charge in [0.15, 0.2) is 10.9 Å². The van der Waals surface area contributed by atoms with Crippen molar-refractivity contribution in [2.24, 2.45) is 11.8 Å². The molecule has 0 aromatic carbocycles. The molecule has 0 aliphatic carbocycles. The molecule has 0 radical (unpaired) electrons. The van der Waals surface area contributed by atoms with Crippen LogP contribution >= 0.6 is 23.7 Å². The summed E-state index contributed by atoms with van der Waals surface area (Å²) in [7, 11) is 0. The third-order valence-corrected chi connectivity index (χ3v) is 4.03. The fourth-order valence-electron chi connectivity index (χ4n) is 1.59. The van der Waals surface area contributed by atoms with Gasteiger partial charge in [0.25, 0.3) is 0 Å². The zero-order valence-electron chi connectivity index (χ0n) is 10.2. The molecule has 1 aromatic heterocycles. The van der Waals surface area contributed by atoms with Crippen LogP contribution in [-0.4, -0.2) is 29.8 Å². The second-order valence-corrected chi connectivity index (χ2v) is 5.31. The van der Waals surface area contributed by atoms with E-state index in [9.17, 15) is 9.59 Å². The third kappa shape index (κ3) is 3.28. The van der Waals surface area contributed by atoms with E-state index in [0.29, 0.717) is 15.9 Å². The van der Waals surface area contributed by atoms with Crippen molar-refractivity contribution in [2.45, 2.75) is 13.8 Å². The van der Waals surface area contributed by atoms with Crippen molar-refractivity contribution in [3.8, 4) is 0 Å². The van der Waals surface area contributed by atoms with E-state index >= 15 is 0 Å². The largest absolute Gasteiger partial charge is 0.316 e. The highest BCUT2D eigenvalue weighted by molar-refractivity contribution is 7.17. The van der Waals surface area contributed by atoms with Crippen molar-refractivity contribution >= 4 is 40.6 Å². The van der Waals surface area contributed by atoms with Gasteiger partial charge in [-0.1, -0.05) is 18.3 Å². The predicted octanol–water partition coefficient (Wildman–Crippen LogP) is 1.56. The SMILES string of the molecule is CC(=O)c1cnc(NC(=O)C(C)C2CNC2)s1.Cl. The lowest BCUT2D eigenvalue weighted by molar-refractivity contribution is -0.121. The number of carbonyl (C=O) groups excluding carboxylic acids is 2. The molecule has 1 amide bonds. The van der Waals surface area contributed by atoms with Crippen molar-refractivity contribution in [3.63, 3.8) is 0 Å². The van der Waals surface area contributed by atoms with Gasteiger partial charge in [0, 0.05) is 12.8 Å². The summed E-state index contributed by atoms with van der Waals surface area (Å²) in [6.07, 6.45) is 1.50. The lowest BCUT2D eigenvalue weighted by Gasteiger charge is -2.31. The molecule has 1 aliphatic rings. The van der Waals surface area contributed by atoms with Gasteiger partial charge in [-0.25, -0.2) is 4.98 Å². The number of halogens is 1. The maximum atomic E-state index is 11.9. The summed E-state index contributed by atoms with van der Waals surface area (Å²) in [5, 5.41) is 6.40. The summed E-state index contributed by atoms with van der Waals surface area (Å²) in [4.78, 5) is 27.5. The van der Waals surface area contributed by atoms with Crippen LogP contribution in [0.4, 0.5) is 5.13 Å². The number of nitrogens with zero attached hydrogens (tertiary/aromatic N) is 1. The molecule has 100 valence electrons. The first-order chi connectivity index (χ1) is 8.08. The van der Waals surface area contributed by atoms with Gasteiger partial charge in [-0.15, -0.1) is 12.4 Å². The molecular weight excluding hydrogens is 274 g/mol. The Morgan fingerprint density at radius 3 is 2.67 bits per heavy atom. The Morgan fingerprint density at radius 1 is 1.56 bits per heavy atom. The van der Waals surface area contributed by atoms with Crippen LogP contribution in [0.2, 0.25) is 0 Å². The molecule has 1 fully saturated rings. The third-order valence-electron chi connectivity index (χ3n) is 3.02. The predicted molar refractivity (Wildman–Crippen MR) is 73.5 cm³/mol. The van der Waals surface area contributed by atoms with E-state index in [4.69, 9.17) is 0 Å². The van der Waals surface area contributed by atoms with Crippen LogP contribution in [0.1, 0.15) is 23.5 Å². The zero-order chi connectivity index (χ0) is 12.4. The molecule has 5 nitrogen and oxygen atoms in total. The minimum absolute atomic E-state index is 0. The normalized spacial score (nSPS) is 16.3. The van der Waals surface area contributed by atoms with Crippen LogP contribution in [0.3, 0.4) is 0 Å². The Morgan fingerprint density at radius 2 is 2.22 bits per heavy atom. The lowest BCUT2D eigenvalue weighted by atomic mass is 9.88. The summed E-state index contributed by atoms with van der Waals surface area (Å²) in [6, 6.07) is 0. The Balaban J connectivity index is 0.00000162. The lowest BCUT2D eigenvalue weighted by Crippen LogP contribution is -2.48. The summed E-state index contributed by atoms with van der Waals surface area (Å²) < 4.78 is 0. The molecule has 1 aliphatic heterocycles. The number of ketones is 1. The van der Waals surface area contributed by atoms with Crippen LogP contribution in [-0.2, 0) is 4.79 Å². The molecule has 0 saturated carbocycles. The number of thiazole rings is 1. The highest BCUT2D eigenvalue weighted by Gasteiger charge is 2.29. The number of nitrogens with one attached hydrogen (secondary N) is 2. The van der Waals surface area contributed by atoms with Gasteiger partial charge >= 0.3 is 0 Å². The summed E-state index contributed by atoms with van der Waals surface area (Å²) in [6.45, 7) is 5.19. The van der Waals surface area contributed by atoms with Crippen LogP contribution in [0.5, 0.6) is 0 Å². The average Bonchev–Trinajstić information content (AvgIpc) is 2.63. The van der Waals surface area contributed by atoms with E-state index < -0.39 is 0 Å². The van der Waals surface area contributed by atoms with E-state index in [1.165, 1.54) is 24.5 Å². The molecule has 7 heteroatoms. The number of Topliss-reactive ketones (excluding diaryl/α,β-unsaturated/α-hetero) is 1. The number of carbonyl (C=O) groups is 2. The molecule has 2 heterocycles. The number of rotatable bonds is 4. The quantitative estimate of drug-likeness (QED) is 0.825. The highest BCUT2D eigenvalue weighted by atomic mass is 35.5. The first kappa shape index (κ1) is 15.1. The summed E-state index contributed by atoms with van der Waals surface area (Å²) in [5.74, 6) is 0.323.